The van der Waals surface area contributed by atoms with Gasteiger partial charge in [0, 0.05) is 0 Å². The van der Waals surface area contributed by atoms with Crippen LogP contribution in [0.1, 0.15) is 18.5 Å². The topological polar surface area (TPSA) is 85.4 Å². The first-order valence-corrected chi connectivity index (χ1v) is 7.07. The number of rotatable bonds is 5. The molecule has 0 saturated carbocycles. The van der Waals surface area contributed by atoms with Gasteiger partial charge in [0.05, 0.1) is 20.3 Å². The molecule has 0 aliphatic heterocycles. The van der Waals surface area contributed by atoms with Crippen molar-refractivity contribution in [2.75, 3.05) is 19.5 Å². The zero-order valence-corrected chi connectivity index (χ0v) is 12.7. The minimum Gasteiger partial charge on any atom is -0.493 e. The largest absolute Gasteiger partial charge is 0.493 e. The highest BCUT2D eigenvalue weighted by Gasteiger charge is 2.13. The van der Waals surface area contributed by atoms with Crippen LogP contribution < -0.4 is 20.1 Å². The fourth-order valence-corrected chi connectivity index (χ4v) is 2.20. The van der Waals surface area contributed by atoms with Gasteiger partial charge in [-0.3, -0.25) is 5.32 Å². The molecule has 0 radical (unpaired) electrons. The lowest BCUT2D eigenvalue weighted by molar-refractivity contribution is 0.249. The maximum Gasteiger partial charge on any atom is 0.321 e. The van der Waals surface area contributed by atoms with Gasteiger partial charge in [-0.15, -0.1) is 10.2 Å². The van der Waals surface area contributed by atoms with Crippen LogP contribution in [-0.4, -0.2) is 30.4 Å². The van der Waals surface area contributed by atoms with Crippen molar-refractivity contribution in [3.8, 4) is 11.5 Å². The second-order valence-corrected chi connectivity index (χ2v) is 5.01. The maximum atomic E-state index is 11.8. The molecule has 0 bridgehead atoms. The third-order valence-electron chi connectivity index (χ3n) is 2.84. The smallest absolute Gasteiger partial charge is 0.321 e. The molecule has 112 valence electrons. The Morgan fingerprint density at radius 1 is 1.29 bits per heavy atom. The number of hydrogen-bond donors (Lipinski definition) is 2. The van der Waals surface area contributed by atoms with Crippen molar-refractivity contribution in [3.63, 3.8) is 0 Å². The van der Waals surface area contributed by atoms with Gasteiger partial charge in [-0.1, -0.05) is 17.4 Å². The van der Waals surface area contributed by atoms with Crippen molar-refractivity contribution in [1.29, 1.82) is 0 Å². The van der Waals surface area contributed by atoms with Gasteiger partial charge >= 0.3 is 6.03 Å². The predicted molar refractivity (Wildman–Crippen MR) is 80.0 cm³/mol. The van der Waals surface area contributed by atoms with Gasteiger partial charge in [-0.2, -0.15) is 0 Å². The number of amides is 2. The molecule has 0 aliphatic rings. The van der Waals surface area contributed by atoms with Crippen molar-refractivity contribution in [1.82, 2.24) is 15.5 Å². The van der Waals surface area contributed by atoms with Crippen LogP contribution in [0.5, 0.6) is 11.5 Å². The zero-order chi connectivity index (χ0) is 15.2. The highest BCUT2D eigenvalue weighted by molar-refractivity contribution is 7.13. The molecular weight excluding hydrogens is 292 g/mol. The van der Waals surface area contributed by atoms with E-state index in [1.807, 2.05) is 19.1 Å². The number of nitrogens with zero attached hydrogens (tertiary/aromatic N) is 2. The third-order valence-corrected chi connectivity index (χ3v) is 3.44. The molecule has 1 atom stereocenters. The molecule has 0 fully saturated rings. The minimum absolute atomic E-state index is 0.197. The van der Waals surface area contributed by atoms with E-state index in [1.54, 1.807) is 25.8 Å². The lowest BCUT2D eigenvalue weighted by Crippen LogP contribution is -2.31. The molecule has 1 heterocycles. The number of methoxy groups -OCH3 is 2. The second-order valence-electron chi connectivity index (χ2n) is 4.18. The quantitative estimate of drug-likeness (QED) is 0.886. The molecule has 2 N–H and O–H groups in total. The summed E-state index contributed by atoms with van der Waals surface area (Å²) in [6, 6.07) is 4.97. The van der Waals surface area contributed by atoms with Crippen molar-refractivity contribution in [2.45, 2.75) is 13.0 Å². The summed E-state index contributed by atoms with van der Waals surface area (Å²) in [5, 5.41) is 13.3. The number of hydrogen-bond acceptors (Lipinski definition) is 6. The van der Waals surface area contributed by atoms with Crippen molar-refractivity contribution in [3.05, 3.63) is 29.3 Å². The Labute approximate surface area is 126 Å². The van der Waals surface area contributed by atoms with Crippen LogP contribution in [0.15, 0.2) is 23.7 Å². The molecule has 21 heavy (non-hydrogen) atoms. The van der Waals surface area contributed by atoms with Crippen molar-refractivity contribution < 1.29 is 14.3 Å². The fourth-order valence-electron chi connectivity index (χ4n) is 1.76. The first-order chi connectivity index (χ1) is 10.1. The van der Waals surface area contributed by atoms with Crippen LogP contribution in [0.25, 0.3) is 0 Å². The summed E-state index contributed by atoms with van der Waals surface area (Å²) < 4.78 is 10.4. The molecule has 0 spiro atoms. The van der Waals surface area contributed by atoms with Gasteiger partial charge in [-0.05, 0) is 24.6 Å². The van der Waals surface area contributed by atoms with Gasteiger partial charge in [-0.25, -0.2) is 4.79 Å². The molecule has 2 amide bonds. The van der Waals surface area contributed by atoms with Crippen LogP contribution in [0.3, 0.4) is 0 Å². The zero-order valence-electron chi connectivity index (χ0n) is 11.9. The Balaban J connectivity index is 2.02. The predicted octanol–water partition coefficient (Wildman–Crippen LogP) is 2.44. The molecule has 0 aliphatic carbocycles. The Kier molecular flexibility index (Phi) is 4.94. The highest BCUT2D eigenvalue weighted by atomic mass is 32.1. The van der Waals surface area contributed by atoms with Gasteiger partial charge in [0.25, 0.3) is 0 Å². The Morgan fingerprint density at radius 2 is 2.05 bits per heavy atom. The van der Waals surface area contributed by atoms with E-state index in [-0.39, 0.29) is 12.1 Å². The molecule has 8 heteroatoms. The summed E-state index contributed by atoms with van der Waals surface area (Å²) >= 11 is 1.25. The lowest BCUT2D eigenvalue weighted by Gasteiger charge is -2.16. The van der Waals surface area contributed by atoms with E-state index in [4.69, 9.17) is 9.47 Å². The Bertz CT molecular complexity index is 603. The molecule has 1 aromatic heterocycles. The number of benzene rings is 1. The number of anilines is 1. The van der Waals surface area contributed by atoms with Gasteiger partial charge in [0.2, 0.25) is 5.13 Å². The number of carbonyl (C=O) groups is 1. The number of aromatic nitrogens is 2. The van der Waals surface area contributed by atoms with Crippen LogP contribution in [0, 0.1) is 0 Å². The van der Waals surface area contributed by atoms with Crippen LogP contribution >= 0.6 is 11.3 Å². The summed E-state index contributed by atoms with van der Waals surface area (Å²) in [7, 11) is 3.15. The van der Waals surface area contributed by atoms with Crippen molar-refractivity contribution in [2.24, 2.45) is 0 Å². The number of urea groups is 1. The van der Waals surface area contributed by atoms with Crippen LogP contribution in [-0.2, 0) is 0 Å². The van der Waals surface area contributed by atoms with E-state index in [9.17, 15) is 4.79 Å². The number of ether oxygens (including phenoxy) is 2. The SMILES string of the molecule is COc1ccc(C(C)NC(=O)Nc2nncs2)cc1OC. The molecule has 1 unspecified atom stereocenters. The molecule has 1 aromatic carbocycles. The first-order valence-electron chi connectivity index (χ1n) is 6.19. The summed E-state index contributed by atoms with van der Waals surface area (Å²) in [4.78, 5) is 11.8. The average molecular weight is 308 g/mol. The summed E-state index contributed by atoms with van der Waals surface area (Å²) in [6.07, 6.45) is 0. The molecule has 7 nitrogen and oxygen atoms in total. The molecule has 0 saturated heterocycles. The van der Waals surface area contributed by atoms with Gasteiger partial charge < -0.3 is 14.8 Å². The van der Waals surface area contributed by atoms with E-state index in [1.165, 1.54) is 11.3 Å². The van der Waals surface area contributed by atoms with Gasteiger partial charge in [0.1, 0.15) is 5.51 Å². The van der Waals surface area contributed by atoms with Crippen LogP contribution in [0.2, 0.25) is 0 Å². The van der Waals surface area contributed by atoms with E-state index in [0.717, 1.165) is 5.56 Å². The minimum atomic E-state index is -0.339. The van der Waals surface area contributed by atoms with E-state index in [2.05, 4.69) is 20.8 Å². The first kappa shape index (κ1) is 15.0. The third kappa shape index (κ3) is 3.82. The normalized spacial score (nSPS) is 11.6. The number of carbonyl (C=O) groups excluding carboxylic acids is 1. The van der Waals surface area contributed by atoms with E-state index < -0.39 is 0 Å². The van der Waals surface area contributed by atoms with Crippen molar-refractivity contribution >= 4 is 22.5 Å². The standard InChI is InChI=1S/C13H16N4O3S/c1-8(15-12(18)16-13-17-14-7-21-13)9-4-5-10(19-2)11(6-9)20-3/h4-8H,1-3H3,(H2,15,16,17,18). The summed E-state index contributed by atoms with van der Waals surface area (Å²) in [6.45, 7) is 1.88. The second kappa shape index (κ2) is 6.89. The van der Waals surface area contributed by atoms with Crippen LogP contribution in [0.4, 0.5) is 9.93 Å². The Hall–Kier alpha value is -2.35. The Morgan fingerprint density at radius 3 is 2.67 bits per heavy atom. The highest BCUT2D eigenvalue weighted by Crippen LogP contribution is 2.29. The summed E-state index contributed by atoms with van der Waals surface area (Å²) in [5.41, 5.74) is 2.45. The molecule has 2 aromatic rings. The lowest BCUT2D eigenvalue weighted by atomic mass is 10.1. The monoisotopic (exact) mass is 308 g/mol. The van der Waals surface area contributed by atoms with E-state index >= 15 is 0 Å². The fraction of sp³-hybridized carbons (Fsp3) is 0.308. The van der Waals surface area contributed by atoms with Gasteiger partial charge in [0.15, 0.2) is 11.5 Å². The van der Waals surface area contributed by atoms with E-state index in [0.29, 0.717) is 16.6 Å². The average Bonchev–Trinajstić information content (AvgIpc) is 2.99. The molecule has 2 rings (SSSR count). The number of nitrogens with one attached hydrogen (secondary N) is 2. The maximum absolute atomic E-state index is 11.8. The molecular formula is C13H16N4O3S. The summed E-state index contributed by atoms with van der Waals surface area (Å²) in [5.74, 6) is 1.26.